The quantitative estimate of drug-likeness (QED) is 0.544. The molecule has 0 radical (unpaired) electrons. The molecule has 1 unspecified atom stereocenters. The third-order valence-electron chi connectivity index (χ3n) is 6.19. The van der Waals surface area contributed by atoms with Gasteiger partial charge < -0.3 is 24.5 Å². The van der Waals surface area contributed by atoms with Gasteiger partial charge in [0.15, 0.2) is 11.5 Å². The van der Waals surface area contributed by atoms with Gasteiger partial charge in [-0.25, -0.2) is 4.39 Å². The van der Waals surface area contributed by atoms with Gasteiger partial charge in [0.25, 0.3) is 0 Å². The number of aromatic nitrogens is 1. The minimum Gasteiger partial charge on any atom is -0.493 e. The van der Waals surface area contributed by atoms with E-state index in [-0.39, 0.29) is 24.3 Å². The molecule has 0 fully saturated rings. The van der Waals surface area contributed by atoms with E-state index in [1.807, 2.05) is 18.2 Å². The maximum atomic E-state index is 13.9. The molecule has 8 heteroatoms. The van der Waals surface area contributed by atoms with Gasteiger partial charge in [0.05, 0.1) is 14.2 Å². The number of carbonyl (C=O) groups excluding carboxylic acids is 1. The molecule has 1 atom stereocenters. The number of methoxy groups -OCH3 is 2. The number of ether oxygens (including phenoxy) is 2. The number of carbonyl (C=O) groups is 2. The summed E-state index contributed by atoms with van der Waals surface area (Å²) >= 11 is 0. The van der Waals surface area contributed by atoms with Gasteiger partial charge in [-0.1, -0.05) is 12.1 Å². The highest BCUT2D eigenvalue weighted by Gasteiger charge is 2.27. The second kappa shape index (κ2) is 9.52. The molecule has 1 heterocycles. The highest BCUT2D eigenvalue weighted by Crippen LogP contribution is 2.34. The minimum atomic E-state index is -0.942. The summed E-state index contributed by atoms with van der Waals surface area (Å²) in [5.74, 6) is -0.129. The van der Waals surface area contributed by atoms with Gasteiger partial charge in [0.1, 0.15) is 12.4 Å². The van der Waals surface area contributed by atoms with E-state index >= 15 is 0 Å². The minimum absolute atomic E-state index is 0.0752. The summed E-state index contributed by atoms with van der Waals surface area (Å²) in [7, 11) is 3.15. The number of para-hydroxylation sites is 1. The lowest BCUT2D eigenvalue weighted by Crippen LogP contribution is -2.39. The van der Waals surface area contributed by atoms with Crippen LogP contribution in [0.5, 0.6) is 11.5 Å². The summed E-state index contributed by atoms with van der Waals surface area (Å²) in [6, 6.07) is 9.91. The fraction of sp³-hybridized carbons (Fsp3) is 0.360. The molecule has 0 bridgehead atoms. The van der Waals surface area contributed by atoms with Crippen LogP contribution in [0.2, 0.25) is 0 Å². The van der Waals surface area contributed by atoms with Gasteiger partial charge in [0, 0.05) is 29.1 Å². The molecule has 3 aromatic rings. The Morgan fingerprint density at radius 2 is 2.03 bits per heavy atom. The molecule has 1 aromatic heterocycles. The predicted molar refractivity (Wildman–Crippen MR) is 121 cm³/mol. The van der Waals surface area contributed by atoms with Crippen LogP contribution in [0.15, 0.2) is 36.4 Å². The highest BCUT2D eigenvalue weighted by molar-refractivity contribution is 5.87. The average molecular weight is 454 g/mol. The zero-order chi connectivity index (χ0) is 23.5. The molecule has 174 valence electrons. The van der Waals surface area contributed by atoms with Gasteiger partial charge in [-0.05, 0) is 61.1 Å². The lowest BCUT2D eigenvalue weighted by molar-refractivity contribution is -0.137. The van der Waals surface area contributed by atoms with E-state index in [0.29, 0.717) is 54.5 Å². The van der Waals surface area contributed by atoms with Crippen LogP contribution >= 0.6 is 0 Å². The van der Waals surface area contributed by atoms with Gasteiger partial charge >= 0.3 is 5.97 Å². The van der Waals surface area contributed by atoms with Crippen molar-refractivity contribution in [2.75, 3.05) is 14.2 Å². The van der Waals surface area contributed by atoms with Crippen molar-refractivity contribution in [2.24, 2.45) is 0 Å². The van der Waals surface area contributed by atoms with Gasteiger partial charge in [-0.15, -0.1) is 0 Å². The second-order valence-electron chi connectivity index (χ2n) is 8.23. The van der Waals surface area contributed by atoms with Crippen molar-refractivity contribution in [3.63, 3.8) is 0 Å². The van der Waals surface area contributed by atoms with E-state index in [4.69, 9.17) is 9.47 Å². The molecule has 1 aliphatic rings. The Kier molecular flexibility index (Phi) is 6.53. The lowest BCUT2D eigenvalue weighted by Gasteiger charge is -2.25. The van der Waals surface area contributed by atoms with Gasteiger partial charge in [-0.3, -0.25) is 9.59 Å². The van der Waals surface area contributed by atoms with Crippen molar-refractivity contribution >= 4 is 22.8 Å². The molecule has 1 amide bonds. The SMILES string of the molecule is COc1cccc(CCC(=O)NC2CCc3c(c4cc(F)ccc4n3CC(=O)O)C2)c1OC. The molecular weight excluding hydrogens is 427 g/mol. The van der Waals surface area contributed by atoms with Crippen LogP contribution < -0.4 is 14.8 Å². The summed E-state index contributed by atoms with van der Waals surface area (Å²) in [5, 5.41) is 13.1. The summed E-state index contributed by atoms with van der Waals surface area (Å²) in [5.41, 5.74) is 3.42. The number of aliphatic carboxylic acids is 1. The van der Waals surface area contributed by atoms with Crippen LogP contribution in [0.4, 0.5) is 4.39 Å². The number of nitrogens with zero attached hydrogens (tertiary/aromatic N) is 1. The fourth-order valence-electron chi connectivity index (χ4n) is 4.76. The van der Waals surface area contributed by atoms with Crippen molar-refractivity contribution in [1.29, 1.82) is 0 Å². The van der Waals surface area contributed by atoms with E-state index < -0.39 is 5.97 Å². The first-order chi connectivity index (χ1) is 15.9. The van der Waals surface area contributed by atoms with Crippen LogP contribution in [0.3, 0.4) is 0 Å². The van der Waals surface area contributed by atoms with Gasteiger partial charge in [0.2, 0.25) is 5.91 Å². The largest absolute Gasteiger partial charge is 0.493 e. The number of rotatable bonds is 8. The van der Waals surface area contributed by atoms with E-state index in [9.17, 15) is 19.1 Å². The Bertz CT molecular complexity index is 1200. The summed E-state index contributed by atoms with van der Waals surface area (Å²) in [6.45, 7) is -0.170. The topological polar surface area (TPSA) is 89.8 Å². The number of fused-ring (bicyclic) bond motifs is 3. The Morgan fingerprint density at radius 3 is 2.76 bits per heavy atom. The number of hydrogen-bond donors (Lipinski definition) is 2. The van der Waals surface area contributed by atoms with Gasteiger partial charge in [-0.2, -0.15) is 0 Å². The lowest BCUT2D eigenvalue weighted by atomic mass is 9.91. The molecule has 0 aliphatic heterocycles. The molecule has 0 saturated heterocycles. The summed E-state index contributed by atoms with van der Waals surface area (Å²) in [4.78, 5) is 24.1. The van der Waals surface area contributed by atoms with Crippen molar-refractivity contribution < 1.29 is 28.6 Å². The number of benzene rings is 2. The zero-order valence-corrected chi connectivity index (χ0v) is 18.7. The first kappa shape index (κ1) is 22.6. The first-order valence-electron chi connectivity index (χ1n) is 10.9. The zero-order valence-electron chi connectivity index (χ0n) is 18.7. The molecule has 7 nitrogen and oxygen atoms in total. The number of amides is 1. The molecule has 2 N–H and O–H groups in total. The Balaban J connectivity index is 1.47. The molecule has 2 aromatic carbocycles. The average Bonchev–Trinajstić information content (AvgIpc) is 3.08. The van der Waals surface area contributed by atoms with Crippen LogP contribution in [0.25, 0.3) is 10.9 Å². The van der Waals surface area contributed by atoms with Crippen molar-refractivity contribution in [3.05, 3.63) is 59.0 Å². The Hall–Kier alpha value is -3.55. The molecular formula is C25H27FN2O5. The maximum absolute atomic E-state index is 13.9. The Labute approximate surface area is 191 Å². The third kappa shape index (κ3) is 4.65. The van der Waals surface area contributed by atoms with E-state index in [0.717, 1.165) is 16.8 Å². The summed E-state index contributed by atoms with van der Waals surface area (Å²) in [6.07, 6.45) is 2.65. The van der Waals surface area contributed by atoms with Crippen molar-refractivity contribution in [3.8, 4) is 11.5 Å². The van der Waals surface area contributed by atoms with E-state index in [2.05, 4.69) is 5.32 Å². The number of carboxylic acids is 1. The third-order valence-corrected chi connectivity index (χ3v) is 6.19. The van der Waals surface area contributed by atoms with Crippen LogP contribution in [-0.2, 0) is 35.4 Å². The molecule has 33 heavy (non-hydrogen) atoms. The normalized spacial score (nSPS) is 15.2. The molecule has 4 rings (SSSR count). The standard InChI is InChI=1S/C25H27FN2O5/c1-32-22-5-3-4-15(25(22)33-2)6-11-23(29)27-17-8-10-21-19(13-17)18-12-16(26)7-9-20(18)28(21)14-24(30)31/h3-5,7,9,12,17H,6,8,10-11,13-14H2,1-2H3,(H,27,29)(H,30,31). The van der Waals surface area contributed by atoms with E-state index in [1.54, 1.807) is 24.9 Å². The maximum Gasteiger partial charge on any atom is 0.323 e. The first-order valence-corrected chi connectivity index (χ1v) is 10.9. The molecule has 1 aliphatic carbocycles. The number of hydrogen-bond acceptors (Lipinski definition) is 4. The fourth-order valence-corrected chi connectivity index (χ4v) is 4.76. The van der Waals surface area contributed by atoms with Crippen LogP contribution in [0.1, 0.15) is 29.7 Å². The second-order valence-corrected chi connectivity index (χ2v) is 8.23. The molecule has 0 spiro atoms. The number of nitrogens with one attached hydrogen (secondary N) is 1. The monoisotopic (exact) mass is 454 g/mol. The summed E-state index contributed by atoms with van der Waals surface area (Å²) < 4.78 is 26.5. The number of halogens is 1. The van der Waals surface area contributed by atoms with Crippen molar-refractivity contribution in [2.45, 2.75) is 44.7 Å². The molecule has 0 saturated carbocycles. The smallest absolute Gasteiger partial charge is 0.323 e. The Morgan fingerprint density at radius 1 is 1.21 bits per heavy atom. The highest BCUT2D eigenvalue weighted by atomic mass is 19.1. The van der Waals surface area contributed by atoms with Crippen LogP contribution in [0, 0.1) is 5.82 Å². The number of carboxylic acid groups (broad SMARTS) is 1. The van der Waals surface area contributed by atoms with Crippen LogP contribution in [-0.4, -0.2) is 41.8 Å². The predicted octanol–water partition coefficient (Wildman–Crippen LogP) is 3.49. The van der Waals surface area contributed by atoms with E-state index in [1.165, 1.54) is 12.1 Å². The van der Waals surface area contributed by atoms with Crippen molar-refractivity contribution in [1.82, 2.24) is 9.88 Å². The number of aryl methyl sites for hydroxylation is 1.